The molecule has 0 unspecified atom stereocenters. The van der Waals surface area contributed by atoms with Crippen LogP contribution in [0.25, 0.3) is 0 Å². The first-order valence-electron chi connectivity index (χ1n) is 14.0. The Morgan fingerprint density at radius 1 is 0.733 bits per heavy atom. The van der Waals surface area contributed by atoms with E-state index in [0.29, 0.717) is 16.2 Å². The smallest absolute Gasteiger partial charge is 0.0238 e. The van der Waals surface area contributed by atoms with Crippen LogP contribution in [0.15, 0.2) is 0 Å². The van der Waals surface area contributed by atoms with E-state index in [2.05, 4.69) is 62.3 Å². The number of hydrogen-bond acceptors (Lipinski definition) is 0. The van der Waals surface area contributed by atoms with Crippen molar-refractivity contribution in [1.82, 2.24) is 0 Å². The van der Waals surface area contributed by atoms with Gasteiger partial charge in [-0.1, -0.05) is 88.0 Å². The van der Waals surface area contributed by atoms with Gasteiger partial charge in [0.05, 0.1) is 0 Å². The van der Waals surface area contributed by atoms with Gasteiger partial charge in [0, 0.05) is 0 Å². The Balaban J connectivity index is 1.82. The van der Waals surface area contributed by atoms with E-state index in [1.807, 2.05) is 0 Å². The molecule has 0 heterocycles. The van der Waals surface area contributed by atoms with Gasteiger partial charge in [-0.15, -0.1) is 0 Å². The van der Waals surface area contributed by atoms with Gasteiger partial charge >= 0.3 is 0 Å². The summed E-state index contributed by atoms with van der Waals surface area (Å²) >= 11 is 0. The fraction of sp³-hybridized carbons (Fsp3) is 1.00. The largest absolute Gasteiger partial charge is 0.0654 e. The Kier molecular flexibility index (Phi) is 7.47. The molecule has 30 heavy (non-hydrogen) atoms. The van der Waals surface area contributed by atoms with Gasteiger partial charge in [-0.05, 0) is 103 Å². The van der Waals surface area contributed by atoms with Crippen molar-refractivity contribution in [2.24, 2.45) is 57.7 Å². The minimum atomic E-state index is 0.580. The molecule has 0 nitrogen and oxygen atoms in total. The molecule has 0 saturated heterocycles. The van der Waals surface area contributed by atoms with Crippen LogP contribution in [0.3, 0.4) is 0 Å². The molecule has 0 amide bonds. The van der Waals surface area contributed by atoms with Crippen molar-refractivity contribution in [3.05, 3.63) is 0 Å². The third-order valence-electron chi connectivity index (χ3n) is 11.6. The van der Waals surface area contributed by atoms with Crippen LogP contribution in [0.4, 0.5) is 0 Å². The Morgan fingerprint density at radius 3 is 2.00 bits per heavy atom. The first-order valence-corrected chi connectivity index (χ1v) is 14.0. The van der Waals surface area contributed by atoms with Gasteiger partial charge in [0.1, 0.15) is 0 Å². The summed E-state index contributed by atoms with van der Waals surface area (Å²) in [6, 6.07) is 0. The summed E-state index contributed by atoms with van der Waals surface area (Å²) in [5.74, 6) is 6.50. The zero-order chi connectivity index (χ0) is 22.3. The van der Waals surface area contributed by atoms with Gasteiger partial charge in [0.2, 0.25) is 0 Å². The van der Waals surface area contributed by atoms with Crippen LogP contribution in [0.5, 0.6) is 0 Å². The molecule has 3 saturated carbocycles. The van der Waals surface area contributed by atoms with Crippen LogP contribution in [0, 0.1) is 57.7 Å². The number of hydrogen-bond donors (Lipinski definition) is 0. The average molecular weight is 417 g/mol. The fourth-order valence-corrected chi connectivity index (χ4v) is 9.90. The molecule has 0 N–H and O–H groups in total. The van der Waals surface area contributed by atoms with Gasteiger partial charge < -0.3 is 0 Å². The van der Waals surface area contributed by atoms with Crippen molar-refractivity contribution in [2.75, 3.05) is 0 Å². The Hall–Kier alpha value is 0. The Morgan fingerprint density at radius 2 is 1.40 bits per heavy atom. The molecular weight excluding hydrogens is 360 g/mol. The molecule has 0 radical (unpaired) electrons. The van der Waals surface area contributed by atoms with E-state index in [9.17, 15) is 0 Å². The normalized spacial score (nSPS) is 44.9. The van der Waals surface area contributed by atoms with Gasteiger partial charge in [0.25, 0.3) is 0 Å². The second-order valence-corrected chi connectivity index (χ2v) is 13.7. The summed E-state index contributed by atoms with van der Waals surface area (Å²) in [6.07, 6.45) is 16.2. The summed E-state index contributed by atoms with van der Waals surface area (Å²) in [6.45, 7) is 23.1. The average Bonchev–Trinajstić information content (AvgIpc) is 2.93. The molecule has 0 heteroatoms. The molecule has 0 aliphatic heterocycles. The molecule has 0 aromatic carbocycles. The quantitative estimate of drug-likeness (QED) is 0.369. The molecule has 0 spiro atoms. The standard InChI is InChI=1S/C30H56/c1-10-18-28(7)24(22(4)5)14-15-27-26(28)17-20-29(8)25(16-19-30(27,29)9)23(6)13-11-12-21(2)3/h21-27H,10-20H2,1-9H3/t23-,24-,25-,26-,27+,28-,29-,30+/m0/s1. The van der Waals surface area contributed by atoms with Gasteiger partial charge in [-0.25, -0.2) is 0 Å². The highest BCUT2D eigenvalue weighted by Crippen LogP contribution is 2.73. The lowest BCUT2D eigenvalue weighted by atomic mass is 9.40. The van der Waals surface area contributed by atoms with Crippen LogP contribution >= 0.6 is 0 Å². The van der Waals surface area contributed by atoms with Crippen LogP contribution < -0.4 is 0 Å². The lowest BCUT2D eigenvalue weighted by Crippen LogP contribution is -2.57. The molecule has 0 aromatic heterocycles. The molecule has 8 atom stereocenters. The summed E-state index contributed by atoms with van der Waals surface area (Å²) < 4.78 is 0. The first kappa shape index (κ1) is 24.6. The van der Waals surface area contributed by atoms with Crippen LogP contribution in [-0.4, -0.2) is 0 Å². The van der Waals surface area contributed by atoms with Crippen molar-refractivity contribution in [1.29, 1.82) is 0 Å². The van der Waals surface area contributed by atoms with E-state index in [1.165, 1.54) is 70.6 Å². The third-order valence-corrected chi connectivity index (χ3v) is 11.6. The maximum atomic E-state index is 2.77. The molecule has 3 aliphatic rings. The summed E-state index contributed by atoms with van der Waals surface area (Å²) in [7, 11) is 0. The minimum Gasteiger partial charge on any atom is -0.0654 e. The van der Waals surface area contributed by atoms with Crippen LogP contribution in [0.2, 0.25) is 0 Å². The van der Waals surface area contributed by atoms with E-state index in [-0.39, 0.29) is 0 Å². The van der Waals surface area contributed by atoms with Crippen molar-refractivity contribution >= 4 is 0 Å². The van der Waals surface area contributed by atoms with E-state index in [4.69, 9.17) is 0 Å². The van der Waals surface area contributed by atoms with Crippen molar-refractivity contribution in [3.8, 4) is 0 Å². The minimum absolute atomic E-state index is 0.580. The van der Waals surface area contributed by atoms with Crippen LogP contribution in [0.1, 0.15) is 133 Å². The monoisotopic (exact) mass is 416 g/mol. The van der Waals surface area contributed by atoms with Gasteiger partial charge in [-0.2, -0.15) is 0 Å². The van der Waals surface area contributed by atoms with E-state index < -0.39 is 0 Å². The van der Waals surface area contributed by atoms with Crippen molar-refractivity contribution < 1.29 is 0 Å². The molecule has 0 aromatic rings. The highest BCUT2D eigenvalue weighted by molar-refractivity contribution is 5.14. The van der Waals surface area contributed by atoms with E-state index in [1.54, 1.807) is 0 Å². The molecule has 3 aliphatic carbocycles. The highest BCUT2D eigenvalue weighted by atomic mass is 14.7. The van der Waals surface area contributed by atoms with Crippen LogP contribution in [-0.2, 0) is 0 Å². The molecule has 0 bridgehead atoms. The second kappa shape index (κ2) is 9.09. The lowest BCUT2D eigenvalue weighted by Gasteiger charge is -2.64. The van der Waals surface area contributed by atoms with E-state index >= 15 is 0 Å². The highest BCUT2D eigenvalue weighted by Gasteiger charge is 2.65. The Labute approximate surface area is 190 Å². The second-order valence-electron chi connectivity index (χ2n) is 13.7. The first-order chi connectivity index (χ1) is 14.0. The topological polar surface area (TPSA) is 0 Å². The zero-order valence-electron chi connectivity index (χ0n) is 22.3. The maximum Gasteiger partial charge on any atom is -0.0238 e. The van der Waals surface area contributed by atoms with E-state index in [0.717, 1.165) is 41.4 Å². The lowest BCUT2D eigenvalue weighted by molar-refractivity contribution is -0.156. The van der Waals surface area contributed by atoms with Crippen molar-refractivity contribution in [3.63, 3.8) is 0 Å². The SMILES string of the molecule is CCC[C@@]1(C)[C@H](C(C)C)CC[C@@H]2[C@@H]1CC[C@@]1(C)[C@H]([C@@H](C)CCCC(C)C)CC[C@]21C. The fourth-order valence-electron chi connectivity index (χ4n) is 9.90. The summed E-state index contributed by atoms with van der Waals surface area (Å²) in [5, 5.41) is 0. The molecular formula is C30H56. The number of fused-ring (bicyclic) bond motifs is 3. The summed E-state index contributed by atoms with van der Waals surface area (Å²) in [5.41, 5.74) is 1.75. The summed E-state index contributed by atoms with van der Waals surface area (Å²) in [4.78, 5) is 0. The molecule has 176 valence electrons. The maximum absolute atomic E-state index is 2.77. The Bertz CT molecular complexity index is 560. The zero-order valence-corrected chi connectivity index (χ0v) is 22.3. The van der Waals surface area contributed by atoms with Gasteiger partial charge in [-0.3, -0.25) is 0 Å². The third kappa shape index (κ3) is 3.94. The van der Waals surface area contributed by atoms with Gasteiger partial charge in [0.15, 0.2) is 0 Å². The molecule has 3 rings (SSSR count). The number of rotatable bonds is 8. The van der Waals surface area contributed by atoms with Crippen molar-refractivity contribution in [2.45, 2.75) is 133 Å². The predicted molar refractivity (Wildman–Crippen MR) is 134 cm³/mol. The molecule has 3 fully saturated rings. The predicted octanol–water partition coefficient (Wildman–Crippen LogP) is 9.77.